The van der Waals surface area contributed by atoms with E-state index in [-0.39, 0.29) is 11.9 Å². The highest BCUT2D eigenvalue weighted by atomic mass is 16.6. The van der Waals surface area contributed by atoms with Crippen LogP contribution in [0, 0.1) is 17.8 Å². The number of esters is 1. The first-order valence-electron chi connectivity index (χ1n) is 7.50. The van der Waals surface area contributed by atoms with Crippen molar-refractivity contribution in [2.45, 2.75) is 63.6 Å². The van der Waals surface area contributed by atoms with Gasteiger partial charge in [0, 0.05) is 11.5 Å². The fourth-order valence-electron chi connectivity index (χ4n) is 5.33. The lowest BCUT2D eigenvalue weighted by Crippen LogP contribution is -2.66. The molecule has 3 nitrogen and oxygen atoms in total. The lowest BCUT2D eigenvalue weighted by Gasteiger charge is -2.63. The number of carbonyl (C=O) groups is 1. The van der Waals surface area contributed by atoms with Crippen LogP contribution >= 0.6 is 0 Å². The van der Waals surface area contributed by atoms with Crippen LogP contribution in [0.5, 0.6) is 0 Å². The van der Waals surface area contributed by atoms with Gasteiger partial charge in [-0.3, -0.25) is 0 Å². The SMILES string of the molecule is C=C(C)C(=O)OC12CC3CC(CC(O)(C3)C1CC)C2. The molecular formula is C16H24O3. The zero-order valence-corrected chi connectivity index (χ0v) is 11.9. The van der Waals surface area contributed by atoms with Crippen LogP contribution in [0.2, 0.25) is 0 Å². The first-order chi connectivity index (χ1) is 8.88. The van der Waals surface area contributed by atoms with E-state index < -0.39 is 11.2 Å². The van der Waals surface area contributed by atoms with E-state index in [1.54, 1.807) is 6.92 Å². The molecule has 106 valence electrons. The van der Waals surface area contributed by atoms with Crippen LogP contribution in [-0.4, -0.2) is 22.3 Å². The van der Waals surface area contributed by atoms with Crippen LogP contribution in [0.15, 0.2) is 12.2 Å². The average molecular weight is 264 g/mol. The van der Waals surface area contributed by atoms with Gasteiger partial charge in [-0.15, -0.1) is 0 Å². The number of rotatable bonds is 3. The van der Waals surface area contributed by atoms with Crippen molar-refractivity contribution in [2.75, 3.05) is 0 Å². The topological polar surface area (TPSA) is 46.5 Å². The Balaban J connectivity index is 1.94. The molecule has 4 rings (SSSR count). The fourth-order valence-corrected chi connectivity index (χ4v) is 5.33. The predicted octanol–water partition coefficient (Wildman–Crippen LogP) is 2.83. The standard InChI is InChI=1S/C16H24O3/c1-4-13-15(18)6-11-5-12(7-15)9-16(13,8-11)19-14(17)10(2)3/h11-13,18H,2,4-9H2,1,3H3. The monoisotopic (exact) mass is 264 g/mol. The van der Waals surface area contributed by atoms with Crippen LogP contribution in [0.1, 0.15) is 52.4 Å². The van der Waals surface area contributed by atoms with Crippen molar-refractivity contribution in [1.82, 2.24) is 0 Å². The van der Waals surface area contributed by atoms with Crippen LogP contribution in [0.4, 0.5) is 0 Å². The maximum Gasteiger partial charge on any atom is 0.333 e. The summed E-state index contributed by atoms with van der Waals surface area (Å²) in [5.41, 5.74) is -0.574. The Bertz CT molecular complexity index is 412. The van der Waals surface area contributed by atoms with Gasteiger partial charge in [-0.1, -0.05) is 13.5 Å². The molecule has 4 bridgehead atoms. The largest absolute Gasteiger partial charge is 0.455 e. The molecule has 0 radical (unpaired) electrons. The molecule has 0 aliphatic heterocycles. The van der Waals surface area contributed by atoms with E-state index in [1.807, 2.05) is 0 Å². The van der Waals surface area contributed by atoms with Gasteiger partial charge in [-0.2, -0.15) is 0 Å². The predicted molar refractivity (Wildman–Crippen MR) is 72.4 cm³/mol. The van der Waals surface area contributed by atoms with E-state index in [2.05, 4.69) is 13.5 Å². The summed E-state index contributed by atoms with van der Waals surface area (Å²) < 4.78 is 5.88. The average Bonchev–Trinajstić information content (AvgIpc) is 2.25. The molecule has 0 heterocycles. The van der Waals surface area contributed by atoms with Crippen molar-refractivity contribution in [2.24, 2.45) is 17.8 Å². The van der Waals surface area contributed by atoms with Gasteiger partial charge in [0.15, 0.2) is 0 Å². The Hall–Kier alpha value is -0.830. The molecule has 4 saturated carbocycles. The Morgan fingerprint density at radius 3 is 2.37 bits per heavy atom. The number of hydrogen-bond donors (Lipinski definition) is 1. The summed E-state index contributed by atoms with van der Waals surface area (Å²) in [6.07, 6.45) is 5.74. The van der Waals surface area contributed by atoms with Crippen molar-refractivity contribution in [3.05, 3.63) is 12.2 Å². The molecule has 4 aliphatic carbocycles. The second-order valence-electron chi connectivity index (χ2n) is 7.08. The van der Waals surface area contributed by atoms with E-state index >= 15 is 0 Å². The van der Waals surface area contributed by atoms with Gasteiger partial charge in [-0.05, 0) is 57.3 Å². The second kappa shape index (κ2) is 4.08. The molecule has 0 aromatic rings. The Labute approximate surface area is 115 Å². The Morgan fingerprint density at radius 2 is 1.89 bits per heavy atom. The zero-order valence-electron chi connectivity index (χ0n) is 11.9. The van der Waals surface area contributed by atoms with Crippen LogP contribution in [-0.2, 0) is 9.53 Å². The summed E-state index contributed by atoms with van der Waals surface area (Å²) in [6, 6.07) is 0. The summed E-state index contributed by atoms with van der Waals surface area (Å²) in [7, 11) is 0. The highest BCUT2D eigenvalue weighted by Gasteiger charge is 2.64. The number of hydrogen-bond acceptors (Lipinski definition) is 3. The highest BCUT2D eigenvalue weighted by molar-refractivity contribution is 5.87. The van der Waals surface area contributed by atoms with Gasteiger partial charge in [0.25, 0.3) is 0 Å². The smallest absolute Gasteiger partial charge is 0.333 e. The molecule has 4 fully saturated rings. The fraction of sp³-hybridized carbons (Fsp3) is 0.812. The van der Waals surface area contributed by atoms with E-state index in [1.165, 1.54) is 6.42 Å². The third-order valence-corrected chi connectivity index (χ3v) is 5.56. The van der Waals surface area contributed by atoms with Crippen molar-refractivity contribution in [3.63, 3.8) is 0 Å². The van der Waals surface area contributed by atoms with Gasteiger partial charge < -0.3 is 9.84 Å². The van der Waals surface area contributed by atoms with E-state index in [0.717, 1.165) is 32.1 Å². The van der Waals surface area contributed by atoms with Crippen molar-refractivity contribution in [1.29, 1.82) is 0 Å². The molecule has 1 N–H and O–H groups in total. The maximum absolute atomic E-state index is 12.0. The first-order valence-corrected chi connectivity index (χ1v) is 7.50. The van der Waals surface area contributed by atoms with Crippen LogP contribution < -0.4 is 0 Å². The van der Waals surface area contributed by atoms with Crippen molar-refractivity contribution in [3.8, 4) is 0 Å². The zero-order chi connectivity index (χ0) is 13.8. The second-order valence-corrected chi connectivity index (χ2v) is 7.08. The van der Waals surface area contributed by atoms with Crippen LogP contribution in [0.25, 0.3) is 0 Å². The summed E-state index contributed by atoms with van der Waals surface area (Å²) in [6.45, 7) is 7.48. The van der Waals surface area contributed by atoms with Gasteiger partial charge in [0.1, 0.15) is 5.60 Å². The third-order valence-electron chi connectivity index (χ3n) is 5.56. The third kappa shape index (κ3) is 1.85. The Morgan fingerprint density at radius 1 is 1.32 bits per heavy atom. The molecule has 3 atom stereocenters. The molecular weight excluding hydrogens is 240 g/mol. The normalized spacial score (nSPS) is 47.2. The van der Waals surface area contributed by atoms with E-state index in [0.29, 0.717) is 17.4 Å². The van der Waals surface area contributed by atoms with Crippen LogP contribution in [0.3, 0.4) is 0 Å². The molecule has 3 unspecified atom stereocenters. The molecule has 0 saturated heterocycles. The molecule has 4 aliphatic rings. The summed E-state index contributed by atoms with van der Waals surface area (Å²) in [5.74, 6) is 0.858. The molecule has 0 amide bonds. The summed E-state index contributed by atoms with van der Waals surface area (Å²) in [5, 5.41) is 11.0. The van der Waals surface area contributed by atoms with Gasteiger partial charge in [0.2, 0.25) is 0 Å². The molecule has 0 aromatic carbocycles. The Kier molecular flexibility index (Phi) is 2.83. The first kappa shape index (κ1) is 13.2. The quantitative estimate of drug-likeness (QED) is 0.630. The van der Waals surface area contributed by atoms with Gasteiger partial charge >= 0.3 is 5.97 Å². The number of aliphatic hydroxyl groups is 1. The minimum atomic E-state index is -0.603. The lowest BCUT2D eigenvalue weighted by molar-refractivity contribution is -0.254. The molecule has 19 heavy (non-hydrogen) atoms. The molecule has 3 heteroatoms. The van der Waals surface area contributed by atoms with E-state index in [4.69, 9.17) is 4.74 Å². The molecule has 0 spiro atoms. The highest BCUT2D eigenvalue weighted by Crippen LogP contribution is 2.62. The lowest BCUT2D eigenvalue weighted by atomic mass is 9.47. The number of ether oxygens (including phenoxy) is 1. The minimum absolute atomic E-state index is 0.0936. The van der Waals surface area contributed by atoms with Gasteiger partial charge in [-0.25, -0.2) is 4.79 Å². The van der Waals surface area contributed by atoms with E-state index in [9.17, 15) is 9.90 Å². The number of carbonyl (C=O) groups excluding carboxylic acids is 1. The minimum Gasteiger partial charge on any atom is -0.455 e. The van der Waals surface area contributed by atoms with Gasteiger partial charge in [0.05, 0.1) is 5.60 Å². The summed E-state index contributed by atoms with van der Waals surface area (Å²) >= 11 is 0. The maximum atomic E-state index is 12.0. The van der Waals surface area contributed by atoms with Crippen molar-refractivity contribution >= 4 is 5.97 Å². The molecule has 0 aromatic heterocycles. The van der Waals surface area contributed by atoms with Crippen molar-refractivity contribution < 1.29 is 14.6 Å². The summed E-state index contributed by atoms with van der Waals surface area (Å²) in [4.78, 5) is 12.0.